The van der Waals surface area contributed by atoms with E-state index in [1.807, 2.05) is 66.7 Å². The number of para-hydroxylation sites is 1. The van der Waals surface area contributed by atoms with Crippen molar-refractivity contribution in [3.05, 3.63) is 114 Å². The summed E-state index contributed by atoms with van der Waals surface area (Å²) in [5, 5.41) is 9.84. The molecule has 0 spiro atoms. The topological polar surface area (TPSA) is 20.2 Å². The van der Waals surface area contributed by atoms with Crippen molar-refractivity contribution in [3.63, 3.8) is 0 Å². The molecule has 0 saturated carbocycles. The molecule has 0 amide bonds. The van der Waals surface area contributed by atoms with E-state index in [0.29, 0.717) is 0 Å². The van der Waals surface area contributed by atoms with Crippen LogP contribution in [-0.4, -0.2) is 5.11 Å². The number of aromatic hydroxyl groups is 1. The Labute approximate surface area is 136 Å². The molecule has 3 rings (SSSR count). The molecular formula is C22H18O. The lowest BCUT2D eigenvalue weighted by molar-refractivity contribution is 0.474. The fourth-order valence-corrected chi connectivity index (χ4v) is 2.47. The molecule has 0 atom stereocenters. The molecule has 3 aromatic carbocycles. The van der Waals surface area contributed by atoms with Crippen LogP contribution in [0, 0.1) is 0 Å². The predicted octanol–water partition coefficient (Wildman–Crippen LogP) is 5.54. The van der Waals surface area contributed by atoms with Crippen LogP contribution in [0.4, 0.5) is 0 Å². The van der Waals surface area contributed by atoms with Gasteiger partial charge in [0.05, 0.1) is 0 Å². The maximum Gasteiger partial charge on any atom is 0.122 e. The lowest BCUT2D eigenvalue weighted by atomic mass is 9.97. The summed E-state index contributed by atoms with van der Waals surface area (Å²) >= 11 is 0. The Hall–Kier alpha value is -3.06. The van der Waals surface area contributed by atoms with Crippen molar-refractivity contribution in [2.45, 2.75) is 0 Å². The summed E-state index contributed by atoms with van der Waals surface area (Å²) in [4.78, 5) is 0. The van der Waals surface area contributed by atoms with Crippen LogP contribution >= 0.6 is 0 Å². The molecule has 0 bridgehead atoms. The van der Waals surface area contributed by atoms with E-state index in [-0.39, 0.29) is 5.75 Å². The number of hydrogen-bond acceptors (Lipinski definition) is 1. The lowest BCUT2D eigenvalue weighted by Crippen LogP contribution is -1.86. The zero-order valence-corrected chi connectivity index (χ0v) is 12.8. The molecular weight excluding hydrogens is 280 g/mol. The summed E-state index contributed by atoms with van der Waals surface area (Å²) in [6.45, 7) is 0. The van der Waals surface area contributed by atoms with Gasteiger partial charge in [0.15, 0.2) is 0 Å². The highest BCUT2D eigenvalue weighted by Gasteiger charge is 2.02. The zero-order valence-electron chi connectivity index (χ0n) is 12.8. The normalized spacial score (nSPS) is 10.6. The van der Waals surface area contributed by atoms with Gasteiger partial charge in [-0.25, -0.2) is 0 Å². The predicted molar refractivity (Wildman–Crippen MR) is 97.1 cm³/mol. The van der Waals surface area contributed by atoms with E-state index < -0.39 is 0 Å². The smallest absolute Gasteiger partial charge is 0.122 e. The second-order valence-corrected chi connectivity index (χ2v) is 5.23. The van der Waals surface area contributed by atoms with Gasteiger partial charge in [-0.1, -0.05) is 97.1 Å². The summed E-state index contributed by atoms with van der Waals surface area (Å²) in [6, 6.07) is 27.9. The minimum absolute atomic E-state index is 0.290. The summed E-state index contributed by atoms with van der Waals surface area (Å²) in [5.74, 6) is 0.290. The molecule has 0 aliphatic heterocycles. The zero-order chi connectivity index (χ0) is 15.9. The first-order valence-corrected chi connectivity index (χ1v) is 7.62. The maximum atomic E-state index is 9.84. The molecule has 0 heterocycles. The molecule has 0 saturated heterocycles. The first kappa shape index (κ1) is 14.9. The van der Waals surface area contributed by atoms with Gasteiger partial charge in [0, 0.05) is 5.56 Å². The van der Waals surface area contributed by atoms with Crippen LogP contribution in [0.3, 0.4) is 0 Å². The Kier molecular flexibility index (Phi) is 4.70. The van der Waals surface area contributed by atoms with Gasteiger partial charge in [-0.2, -0.15) is 0 Å². The molecule has 112 valence electrons. The number of allylic oxidation sites excluding steroid dienone is 2. The number of benzene rings is 3. The van der Waals surface area contributed by atoms with Gasteiger partial charge in [-0.3, -0.25) is 0 Å². The fraction of sp³-hybridized carbons (Fsp3) is 0. The van der Waals surface area contributed by atoms with Crippen LogP contribution in [-0.2, 0) is 0 Å². The minimum atomic E-state index is 0.290. The summed E-state index contributed by atoms with van der Waals surface area (Å²) < 4.78 is 0. The van der Waals surface area contributed by atoms with E-state index >= 15 is 0 Å². The first-order chi connectivity index (χ1) is 11.3. The Morgan fingerprint density at radius 3 is 1.74 bits per heavy atom. The van der Waals surface area contributed by atoms with Crippen molar-refractivity contribution in [2.24, 2.45) is 0 Å². The molecule has 1 heteroatoms. The number of phenolic OH excluding ortho intramolecular Hbond substituents is 1. The Morgan fingerprint density at radius 1 is 0.652 bits per heavy atom. The van der Waals surface area contributed by atoms with Gasteiger partial charge < -0.3 is 5.11 Å². The van der Waals surface area contributed by atoms with E-state index in [1.165, 1.54) is 11.1 Å². The van der Waals surface area contributed by atoms with Crippen molar-refractivity contribution in [3.8, 4) is 5.75 Å². The largest absolute Gasteiger partial charge is 0.507 e. The maximum absolute atomic E-state index is 9.84. The van der Waals surface area contributed by atoms with Crippen molar-refractivity contribution < 1.29 is 5.11 Å². The van der Waals surface area contributed by atoms with E-state index in [2.05, 4.69) is 30.3 Å². The van der Waals surface area contributed by atoms with E-state index in [9.17, 15) is 5.11 Å². The summed E-state index contributed by atoms with van der Waals surface area (Å²) in [5.41, 5.74) is 4.29. The SMILES string of the molecule is Oc1ccccc1C=CC=C(c1ccccc1)c1ccccc1. The number of hydrogen-bond donors (Lipinski definition) is 1. The molecule has 3 aromatic rings. The molecule has 0 aliphatic carbocycles. The second-order valence-electron chi connectivity index (χ2n) is 5.23. The summed E-state index contributed by atoms with van der Waals surface area (Å²) in [7, 11) is 0. The van der Waals surface area contributed by atoms with Crippen LogP contribution in [0.1, 0.15) is 16.7 Å². The van der Waals surface area contributed by atoms with Crippen LogP contribution in [0.2, 0.25) is 0 Å². The average Bonchev–Trinajstić information content (AvgIpc) is 2.62. The van der Waals surface area contributed by atoms with Crippen LogP contribution in [0.15, 0.2) is 97.1 Å². The quantitative estimate of drug-likeness (QED) is 0.627. The summed E-state index contributed by atoms with van der Waals surface area (Å²) in [6.07, 6.45) is 5.97. The molecule has 0 aliphatic rings. The highest BCUT2D eigenvalue weighted by atomic mass is 16.3. The molecule has 0 fully saturated rings. The molecule has 0 aromatic heterocycles. The Bertz CT molecular complexity index is 773. The van der Waals surface area contributed by atoms with Crippen molar-refractivity contribution in [2.75, 3.05) is 0 Å². The number of rotatable bonds is 4. The van der Waals surface area contributed by atoms with Crippen LogP contribution in [0.5, 0.6) is 5.75 Å². The molecule has 1 N–H and O–H groups in total. The van der Waals surface area contributed by atoms with Crippen molar-refractivity contribution >= 4 is 11.6 Å². The van der Waals surface area contributed by atoms with Crippen molar-refractivity contribution in [1.29, 1.82) is 0 Å². The first-order valence-electron chi connectivity index (χ1n) is 7.62. The Morgan fingerprint density at radius 2 is 1.17 bits per heavy atom. The van der Waals surface area contributed by atoms with Crippen LogP contribution < -0.4 is 0 Å². The third-order valence-corrected chi connectivity index (χ3v) is 3.65. The van der Waals surface area contributed by atoms with Gasteiger partial charge in [-0.15, -0.1) is 0 Å². The molecule has 1 nitrogen and oxygen atoms in total. The monoisotopic (exact) mass is 298 g/mol. The standard InChI is InChI=1S/C22H18O/c23-22-17-8-7-14-20(22)15-9-16-21(18-10-3-1-4-11-18)19-12-5-2-6-13-19/h1-17,23H. The lowest BCUT2D eigenvalue weighted by Gasteiger charge is -2.07. The van der Waals surface area contributed by atoms with Gasteiger partial charge in [0.1, 0.15) is 5.75 Å². The van der Waals surface area contributed by atoms with E-state index in [4.69, 9.17) is 0 Å². The second kappa shape index (κ2) is 7.28. The minimum Gasteiger partial charge on any atom is -0.507 e. The third-order valence-electron chi connectivity index (χ3n) is 3.65. The fourth-order valence-electron chi connectivity index (χ4n) is 2.47. The van der Waals surface area contributed by atoms with Gasteiger partial charge in [0.2, 0.25) is 0 Å². The van der Waals surface area contributed by atoms with Gasteiger partial charge >= 0.3 is 0 Å². The third kappa shape index (κ3) is 3.78. The van der Waals surface area contributed by atoms with Crippen molar-refractivity contribution in [1.82, 2.24) is 0 Å². The number of phenols is 1. The highest BCUT2D eigenvalue weighted by molar-refractivity contribution is 5.81. The molecule has 0 unspecified atom stereocenters. The van der Waals surface area contributed by atoms with Gasteiger partial charge in [-0.05, 0) is 22.8 Å². The van der Waals surface area contributed by atoms with E-state index in [1.54, 1.807) is 6.07 Å². The highest BCUT2D eigenvalue weighted by Crippen LogP contribution is 2.24. The molecule has 23 heavy (non-hydrogen) atoms. The Balaban J connectivity index is 1.97. The van der Waals surface area contributed by atoms with E-state index in [0.717, 1.165) is 11.1 Å². The van der Waals surface area contributed by atoms with Crippen LogP contribution in [0.25, 0.3) is 11.6 Å². The molecule has 0 radical (unpaired) electrons. The average molecular weight is 298 g/mol. The van der Waals surface area contributed by atoms with Gasteiger partial charge in [0.25, 0.3) is 0 Å².